The monoisotopic (exact) mass is 1020 g/mol. The van der Waals surface area contributed by atoms with Crippen molar-refractivity contribution in [1.29, 1.82) is 0 Å². The second-order valence-corrected chi connectivity index (χ2v) is 28.8. The third-order valence-electron chi connectivity index (χ3n) is 18.7. The molecule has 3 heteroatoms. The largest absolute Gasteiger partial charge is 0.311 e. The quantitative estimate of drug-likeness (QED) is 0.147. The highest BCUT2D eigenvalue weighted by Crippen LogP contribution is 2.57. The van der Waals surface area contributed by atoms with E-state index in [0.717, 1.165) is 18.5 Å². The van der Waals surface area contributed by atoms with E-state index >= 15 is 0 Å². The third-order valence-corrected chi connectivity index (χ3v) is 18.7. The molecule has 78 heavy (non-hydrogen) atoms. The van der Waals surface area contributed by atoms with Crippen molar-refractivity contribution >= 4 is 46.9 Å². The molecule has 0 amide bonds. The molecule has 1 radical (unpaired) electrons. The molecule has 0 saturated heterocycles. The van der Waals surface area contributed by atoms with Gasteiger partial charge in [-0.1, -0.05) is 239 Å². The summed E-state index contributed by atoms with van der Waals surface area (Å²) in [7, 11) is 2.68. The maximum atomic E-state index is 2.73. The van der Waals surface area contributed by atoms with Gasteiger partial charge in [-0.15, -0.1) is 0 Å². The minimum atomic E-state index is -0.262. The number of rotatable bonds is 7. The van der Waals surface area contributed by atoms with Gasteiger partial charge < -0.3 is 9.80 Å². The Bertz CT molecular complexity index is 3590. The molecule has 0 saturated carbocycles. The van der Waals surface area contributed by atoms with Crippen molar-refractivity contribution in [2.45, 2.75) is 174 Å². The van der Waals surface area contributed by atoms with Gasteiger partial charge in [0.2, 0.25) is 0 Å². The summed E-state index contributed by atoms with van der Waals surface area (Å²) in [4.78, 5) is 5.36. The highest BCUT2D eigenvalue weighted by molar-refractivity contribution is 6.61. The van der Waals surface area contributed by atoms with Crippen molar-refractivity contribution in [3.05, 3.63) is 231 Å². The number of nitrogens with zero attached hydrogens (tertiary/aromatic N) is 2. The molecule has 2 aliphatic heterocycles. The van der Waals surface area contributed by atoms with E-state index in [1.165, 1.54) is 106 Å². The van der Waals surface area contributed by atoms with Crippen molar-refractivity contribution in [3.63, 3.8) is 0 Å². The van der Waals surface area contributed by atoms with Gasteiger partial charge >= 0.3 is 0 Å². The molecule has 1 unspecified atom stereocenters. The van der Waals surface area contributed by atoms with E-state index in [-0.39, 0.29) is 43.7 Å². The van der Waals surface area contributed by atoms with Gasteiger partial charge in [-0.25, -0.2) is 0 Å². The van der Waals surface area contributed by atoms with Crippen LogP contribution in [0.25, 0.3) is 11.1 Å². The molecule has 0 fully saturated rings. The molecule has 1 aliphatic carbocycles. The first-order valence-corrected chi connectivity index (χ1v) is 29.0. The van der Waals surface area contributed by atoms with Gasteiger partial charge in [0.05, 0.1) is 5.69 Å². The Kier molecular flexibility index (Phi) is 12.7. The maximum absolute atomic E-state index is 2.73. The fraction of sp³-hybridized carbons (Fsp3) is 0.360. The lowest BCUT2D eigenvalue weighted by molar-refractivity contribution is 0.331. The van der Waals surface area contributed by atoms with Crippen molar-refractivity contribution in [2.24, 2.45) is 0 Å². The molecule has 2 bridgehead atoms. The topological polar surface area (TPSA) is 6.48 Å². The highest BCUT2D eigenvalue weighted by atomic mass is 15.2. The summed E-state index contributed by atoms with van der Waals surface area (Å²) < 4.78 is 0. The average Bonchev–Trinajstić information content (AvgIpc) is 3.75. The normalized spacial score (nSPS) is 16.8. The Hall–Kier alpha value is -6.58. The zero-order valence-corrected chi connectivity index (χ0v) is 50.1. The Morgan fingerprint density at radius 1 is 0.372 bits per heavy atom. The minimum Gasteiger partial charge on any atom is -0.311 e. The van der Waals surface area contributed by atoms with E-state index in [2.05, 4.69) is 305 Å². The molecule has 2 heterocycles. The fourth-order valence-electron chi connectivity index (χ4n) is 13.0. The van der Waals surface area contributed by atoms with Crippen LogP contribution in [0.2, 0.25) is 0 Å². The standard InChI is InChI=1S/C75H84BN2/c1-69(2,3)52-30-24-25-48(41-52)57-42-53(70(4,5)6)33-37-62(57)78-64-47-61-60(72(10,11)39-40-73(61,12)13)46-59(64)67-58-43-54(75(16,17)50-28-22-19-23-29-50)34-38-63(58)77(65-44-55(71(7,8)9)45-66(78)68(65)76-67)56-35-31-51(32-36-56)74(14,15)49-26-20-18-21-27-49/h18-38,41-47,67H,39-40H2,1-17H3. The van der Waals surface area contributed by atoms with Gasteiger partial charge in [0, 0.05) is 44.8 Å². The van der Waals surface area contributed by atoms with Gasteiger partial charge in [-0.2, -0.15) is 0 Å². The Balaban J connectivity index is 1.29. The van der Waals surface area contributed by atoms with E-state index in [9.17, 15) is 0 Å². The predicted molar refractivity (Wildman–Crippen MR) is 337 cm³/mol. The van der Waals surface area contributed by atoms with Crippen LogP contribution in [0.3, 0.4) is 0 Å². The zero-order chi connectivity index (χ0) is 55.7. The molecular formula is C75H84BN2. The molecule has 397 valence electrons. The van der Waals surface area contributed by atoms with Gasteiger partial charge in [-0.05, 0) is 166 Å². The number of anilines is 6. The number of hydrogen-bond acceptors (Lipinski definition) is 2. The average molecular weight is 1020 g/mol. The van der Waals surface area contributed by atoms with Crippen molar-refractivity contribution in [2.75, 3.05) is 9.80 Å². The minimum absolute atomic E-state index is 0.00659. The second kappa shape index (κ2) is 18.5. The van der Waals surface area contributed by atoms with Crippen LogP contribution < -0.4 is 15.3 Å². The molecule has 1 atom stereocenters. The van der Waals surface area contributed by atoms with E-state index in [0.29, 0.717) is 0 Å². The lowest BCUT2D eigenvalue weighted by Gasteiger charge is -2.44. The van der Waals surface area contributed by atoms with Crippen LogP contribution in [0.1, 0.15) is 198 Å². The van der Waals surface area contributed by atoms with Crippen LogP contribution in [0, 0.1) is 0 Å². The van der Waals surface area contributed by atoms with Crippen LogP contribution in [-0.4, -0.2) is 7.28 Å². The van der Waals surface area contributed by atoms with Crippen LogP contribution in [0.15, 0.2) is 170 Å². The van der Waals surface area contributed by atoms with E-state index in [1.54, 1.807) is 0 Å². The molecule has 8 aromatic carbocycles. The summed E-state index contributed by atoms with van der Waals surface area (Å²) in [5, 5.41) is 0. The predicted octanol–water partition coefficient (Wildman–Crippen LogP) is 19.9. The van der Waals surface area contributed by atoms with Crippen LogP contribution in [-0.2, 0) is 37.9 Å². The zero-order valence-electron chi connectivity index (χ0n) is 50.1. The van der Waals surface area contributed by atoms with E-state index in [4.69, 9.17) is 0 Å². The van der Waals surface area contributed by atoms with Gasteiger partial charge in [-0.3, -0.25) is 0 Å². The van der Waals surface area contributed by atoms with E-state index in [1.807, 2.05) is 0 Å². The number of benzene rings is 8. The molecule has 0 spiro atoms. The van der Waals surface area contributed by atoms with Crippen molar-refractivity contribution < 1.29 is 0 Å². The maximum Gasteiger partial charge on any atom is 0.172 e. The fourth-order valence-corrected chi connectivity index (χ4v) is 13.0. The van der Waals surface area contributed by atoms with Crippen molar-refractivity contribution in [3.8, 4) is 11.1 Å². The third kappa shape index (κ3) is 9.16. The molecular weight excluding hydrogens is 940 g/mol. The molecule has 0 aromatic heterocycles. The first-order valence-electron chi connectivity index (χ1n) is 29.0. The van der Waals surface area contributed by atoms with Gasteiger partial charge in [0.15, 0.2) is 7.28 Å². The summed E-state index contributed by atoms with van der Waals surface area (Å²) >= 11 is 0. The molecule has 2 nitrogen and oxygen atoms in total. The summed E-state index contributed by atoms with van der Waals surface area (Å²) in [5.74, 6) is -0.0848. The highest BCUT2D eigenvalue weighted by Gasteiger charge is 2.44. The first-order chi connectivity index (χ1) is 36.6. The van der Waals surface area contributed by atoms with Crippen LogP contribution >= 0.6 is 0 Å². The smallest absolute Gasteiger partial charge is 0.172 e. The summed E-state index contributed by atoms with van der Waals surface area (Å²) in [6, 6.07) is 66.4. The van der Waals surface area contributed by atoms with Crippen molar-refractivity contribution in [1.82, 2.24) is 0 Å². The summed E-state index contributed by atoms with van der Waals surface area (Å²) in [6.45, 7) is 40.7. The lowest BCUT2D eigenvalue weighted by Crippen LogP contribution is -2.34. The second-order valence-electron chi connectivity index (χ2n) is 28.8. The van der Waals surface area contributed by atoms with Crippen LogP contribution in [0.4, 0.5) is 34.1 Å². The Morgan fingerprint density at radius 2 is 0.833 bits per heavy atom. The SMILES string of the molecule is CC(C)(C)c1cccc(-c2cc(C(C)(C)C)ccc2N2c3cc4c(cc3C3[B]c5c(cc(C(C)(C)C)cc52)N(c2ccc(C(C)(C)c5ccccc5)cc2)c2ccc(C(C)(C)c5ccccc5)cc23)C(C)(C)CCC4(C)C)c1. The lowest BCUT2D eigenvalue weighted by atomic mass is 9.53. The first kappa shape index (κ1) is 53.4. The van der Waals surface area contributed by atoms with Crippen LogP contribution in [0.5, 0.6) is 0 Å². The summed E-state index contributed by atoms with van der Waals surface area (Å²) in [6.07, 6.45) is 2.28. The molecule has 8 aromatic rings. The Morgan fingerprint density at radius 3 is 1.41 bits per heavy atom. The van der Waals surface area contributed by atoms with E-state index < -0.39 is 0 Å². The molecule has 11 rings (SSSR count). The molecule has 3 aliphatic rings. The van der Waals surface area contributed by atoms with Gasteiger partial charge in [0.1, 0.15) is 0 Å². The summed E-state index contributed by atoms with van der Waals surface area (Å²) in [5.41, 5.74) is 25.1. The molecule has 0 N–H and O–H groups in total. The number of hydrogen-bond donors (Lipinski definition) is 0. The number of fused-ring (bicyclic) bond motifs is 6. The Labute approximate surface area is 470 Å². The van der Waals surface area contributed by atoms with Gasteiger partial charge in [0.25, 0.3) is 0 Å².